The maximum Gasteiger partial charge on any atom is 0.0946 e. The van der Waals surface area contributed by atoms with Gasteiger partial charge in [-0.2, -0.15) is 0 Å². The largest absolute Gasteiger partial charge is 0.387 e. The van der Waals surface area contributed by atoms with Crippen molar-refractivity contribution >= 4 is 0 Å². The van der Waals surface area contributed by atoms with Gasteiger partial charge < -0.3 is 10.8 Å². The van der Waals surface area contributed by atoms with Crippen LogP contribution >= 0.6 is 0 Å². The number of hydrogen-bond acceptors (Lipinski definition) is 2. The Hall–Kier alpha value is -0.860. The molecule has 0 aromatic heterocycles. The molecule has 0 spiro atoms. The number of benzene rings is 1. The summed E-state index contributed by atoms with van der Waals surface area (Å²) in [5.74, 6) is 1.07. The number of nitrogens with two attached hydrogens (primary N) is 1. The summed E-state index contributed by atoms with van der Waals surface area (Å²) in [6.07, 6.45) is 4.53. The Labute approximate surface area is 96.5 Å². The van der Waals surface area contributed by atoms with Crippen LogP contribution in [0.4, 0.5) is 0 Å². The highest BCUT2D eigenvalue weighted by atomic mass is 16.3. The van der Waals surface area contributed by atoms with E-state index in [2.05, 4.69) is 12.1 Å². The van der Waals surface area contributed by atoms with Gasteiger partial charge in [-0.25, -0.2) is 0 Å². The zero-order chi connectivity index (χ0) is 11.1. The molecule has 0 radical (unpaired) electrons. The molecule has 0 amide bonds. The van der Waals surface area contributed by atoms with Crippen LogP contribution in [0.25, 0.3) is 0 Å². The Morgan fingerprint density at radius 1 is 1.06 bits per heavy atom. The van der Waals surface area contributed by atoms with Gasteiger partial charge in [-0.3, -0.25) is 0 Å². The third-order valence-corrected chi connectivity index (χ3v) is 4.39. The van der Waals surface area contributed by atoms with Crippen molar-refractivity contribution in [1.82, 2.24) is 0 Å². The Balaban J connectivity index is 2.07. The molecule has 3 rings (SSSR count). The third kappa shape index (κ3) is 1.40. The van der Waals surface area contributed by atoms with E-state index in [1.807, 2.05) is 12.1 Å². The van der Waals surface area contributed by atoms with E-state index < -0.39 is 6.10 Å². The maximum atomic E-state index is 10.2. The summed E-state index contributed by atoms with van der Waals surface area (Å²) in [7, 11) is 0. The predicted octanol–water partition coefficient (Wildman–Crippen LogP) is 2.33. The van der Waals surface area contributed by atoms with Gasteiger partial charge in [0.25, 0.3) is 0 Å². The monoisotopic (exact) mass is 217 g/mol. The fourth-order valence-electron chi connectivity index (χ4n) is 3.57. The molecule has 1 aromatic carbocycles. The van der Waals surface area contributed by atoms with Gasteiger partial charge in [0.1, 0.15) is 0 Å². The summed E-state index contributed by atoms with van der Waals surface area (Å²) in [6, 6.07) is 8.21. The lowest BCUT2D eigenvalue weighted by molar-refractivity contribution is 0.0785. The van der Waals surface area contributed by atoms with Crippen LogP contribution in [0.3, 0.4) is 0 Å². The van der Waals surface area contributed by atoms with Crippen molar-refractivity contribution in [2.75, 3.05) is 0 Å². The summed E-state index contributed by atoms with van der Waals surface area (Å²) < 4.78 is 0. The number of aliphatic hydroxyl groups excluding tert-OH is 1. The average molecular weight is 217 g/mol. The van der Waals surface area contributed by atoms with E-state index in [4.69, 9.17) is 5.73 Å². The number of aliphatic hydroxyl groups is 1. The standard InChI is InChI=1S/C14H19NO/c15-13-11-7-3-1-5-9(11)10-6-2-4-8-12(10)14(13)16/h2,4,6,8-9,11,13-14,16H,1,3,5,7,15H2/t9-,11-,13-,14+/m0/s1. The molecule has 4 atom stereocenters. The highest BCUT2D eigenvalue weighted by Gasteiger charge is 2.40. The van der Waals surface area contributed by atoms with Crippen molar-refractivity contribution in [3.63, 3.8) is 0 Å². The molecule has 0 heterocycles. The van der Waals surface area contributed by atoms with Crippen LogP contribution in [0.5, 0.6) is 0 Å². The van der Waals surface area contributed by atoms with E-state index in [0.29, 0.717) is 11.8 Å². The van der Waals surface area contributed by atoms with Gasteiger partial charge in [0.15, 0.2) is 0 Å². The zero-order valence-corrected chi connectivity index (χ0v) is 9.47. The van der Waals surface area contributed by atoms with Crippen molar-refractivity contribution in [2.24, 2.45) is 11.7 Å². The fourth-order valence-corrected chi connectivity index (χ4v) is 3.57. The van der Waals surface area contributed by atoms with E-state index in [1.165, 1.54) is 31.2 Å². The van der Waals surface area contributed by atoms with E-state index >= 15 is 0 Å². The topological polar surface area (TPSA) is 46.2 Å². The molecule has 2 nitrogen and oxygen atoms in total. The van der Waals surface area contributed by atoms with Crippen LogP contribution in [0, 0.1) is 5.92 Å². The molecule has 0 bridgehead atoms. The number of fused-ring (bicyclic) bond motifs is 3. The Morgan fingerprint density at radius 3 is 2.56 bits per heavy atom. The Bertz CT molecular complexity index is 390. The van der Waals surface area contributed by atoms with E-state index in [9.17, 15) is 5.11 Å². The van der Waals surface area contributed by atoms with Crippen molar-refractivity contribution in [3.8, 4) is 0 Å². The summed E-state index contributed by atoms with van der Waals surface area (Å²) >= 11 is 0. The number of rotatable bonds is 0. The van der Waals surface area contributed by atoms with Gasteiger partial charge in [-0.05, 0) is 35.8 Å². The van der Waals surface area contributed by atoms with Crippen molar-refractivity contribution < 1.29 is 5.11 Å². The third-order valence-electron chi connectivity index (χ3n) is 4.39. The van der Waals surface area contributed by atoms with Gasteiger partial charge in [0, 0.05) is 6.04 Å². The molecule has 1 saturated carbocycles. The lowest BCUT2D eigenvalue weighted by atomic mass is 9.65. The minimum absolute atomic E-state index is 0.0693. The second kappa shape index (κ2) is 3.86. The molecular formula is C14H19NO. The predicted molar refractivity (Wildman–Crippen MR) is 64.1 cm³/mol. The lowest BCUT2D eigenvalue weighted by Crippen LogP contribution is -2.44. The highest BCUT2D eigenvalue weighted by Crippen LogP contribution is 2.47. The second-order valence-corrected chi connectivity index (χ2v) is 5.21. The van der Waals surface area contributed by atoms with E-state index in [1.54, 1.807) is 0 Å². The van der Waals surface area contributed by atoms with Crippen molar-refractivity contribution in [1.29, 1.82) is 0 Å². The molecule has 2 aliphatic rings. The first-order valence-electron chi connectivity index (χ1n) is 6.31. The zero-order valence-electron chi connectivity index (χ0n) is 9.47. The molecule has 2 aliphatic carbocycles. The SMILES string of the molecule is N[C@H]1[C@H]2CCCC[C@H]2c2ccccc2[C@H]1O. The van der Waals surface area contributed by atoms with E-state index in [-0.39, 0.29) is 6.04 Å². The maximum absolute atomic E-state index is 10.2. The molecule has 0 aliphatic heterocycles. The van der Waals surface area contributed by atoms with Crippen molar-refractivity contribution in [3.05, 3.63) is 35.4 Å². The first kappa shape index (κ1) is 10.3. The van der Waals surface area contributed by atoms with Gasteiger partial charge >= 0.3 is 0 Å². The highest BCUT2D eigenvalue weighted by molar-refractivity contribution is 5.37. The summed E-state index contributed by atoms with van der Waals surface area (Å²) in [4.78, 5) is 0. The molecule has 3 N–H and O–H groups in total. The Kier molecular flexibility index (Phi) is 2.49. The normalized spacial score (nSPS) is 37.6. The van der Waals surface area contributed by atoms with Gasteiger partial charge in [-0.15, -0.1) is 0 Å². The van der Waals surface area contributed by atoms with Gasteiger partial charge in [0.05, 0.1) is 6.10 Å². The molecule has 2 heteroatoms. The van der Waals surface area contributed by atoms with Gasteiger partial charge in [-0.1, -0.05) is 37.1 Å². The fraction of sp³-hybridized carbons (Fsp3) is 0.571. The van der Waals surface area contributed by atoms with Crippen LogP contribution in [0.1, 0.15) is 48.8 Å². The lowest BCUT2D eigenvalue weighted by Gasteiger charge is -2.43. The van der Waals surface area contributed by atoms with Crippen LogP contribution in [-0.2, 0) is 0 Å². The quantitative estimate of drug-likeness (QED) is 0.700. The van der Waals surface area contributed by atoms with Crippen LogP contribution in [0.15, 0.2) is 24.3 Å². The average Bonchev–Trinajstić information content (AvgIpc) is 2.36. The molecule has 16 heavy (non-hydrogen) atoms. The van der Waals surface area contributed by atoms with Crippen LogP contribution < -0.4 is 5.73 Å². The molecule has 0 unspecified atom stereocenters. The second-order valence-electron chi connectivity index (χ2n) is 5.21. The minimum Gasteiger partial charge on any atom is -0.387 e. The van der Waals surface area contributed by atoms with E-state index in [0.717, 1.165) is 5.56 Å². The molecule has 86 valence electrons. The first-order valence-corrected chi connectivity index (χ1v) is 6.31. The van der Waals surface area contributed by atoms with Crippen LogP contribution in [-0.4, -0.2) is 11.1 Å². The Morgan fingerprint density at radius 2 is 1.75 bits per heavy atom. The van der Waals surface area contributed by atoms with Crippen molar-refractivity contribution in [2.45, 2.75) is 43.7 Å². The van der Waals surface area contributed by atoms with Gasteiger partial charge in [0.2, 0.25) is 0 Å². The summed E-state index contributed by atoms with van der Waals surface area (Å²) in [6.45, 7) is 0. The first-order chi connectivity index (χ1) is 7.79. The summed E-state index contributed by atoms with van der Waals surface area (Å²) in [5, 5.41) is 10.2. The molecular weight excluding hydrogens is 198 g/mol. The summed E-state index contributed by atoms with van der Waals surface area (Å²) in [5.41, 5.74) is 8.61. The minimum atomic E-state index is -0.462. The molecule has 0 saturated heterocycles. The smallest absolute Gasteiger partial charge is 0.0946 e. The molecule has 1 aromatic rings. The van der Waals surface area contributed by atoms with Crippen LogP contribution in [0.2, 0.25) is 0 Å². The number of hydrogen-bond donors (Lipinski definition) is 2. The molecule has 1 fully saturated rings.